The first-order valence-corrected chi connectivity index (χ1v) is 14.9. The summed E-state index contributed by atoms with van der Waals surface area (Å²) in [6.45, 7) is 4.09. The Balaban J connectivity index is 1.12. The van der Waals surface area contributed by atoms with Gasteiger partial charge in [-0.25, -0.2) is 13.2 Å². The Hall–Kier alpha value is -2.04. The summed E-state index contributed by atoms with van der Waals surface area (Å²) in [5, 5.41) is 0. The smallest absolute Gasteiger partial charge is 0.201 e. The average molecular weight is 531 g/mol. The van der Waals surface area contributed by atoms with Crippen LogP contribution in [0.25, 0.3) is 11.1 Å². The molecular formula is C33H42F4O. The monoisotopic (exact) mass is 530 g/mol. The van der Waals surface area contributed by atoms with Gasteiger partial charge in [0.15, 0.2) is 23.2 Å². The van der Waals surface area contributed by atoms with E-state index in [2.05, 4.69) is 6.92 Å². The summed E-state index contributed by atoms with van der Waals surface area (Å²) >= 11 is 0. The zero-order valence-electron chi connectivity index (χ0n) is 22.9. The summed E-state index contributed by atoms with van der Waals surface area (Å²) in [5.74, 6) is 0.0846. The average Bonchev–Trinajstić information content (AvgIpc) is 2.93. The fraction of sp³-hybridized carbons (Fsp3) is 0.636. The van der Waals surface area contributed by atoms with E-state index in [1.807, 2.05) is 0 Å². The highest BCUT2D eigenvalue weighted by atomic mass is 19.2. The molecule has 4 unspecified atom stereocenters. The van der Waals surface area contributed by atoms with E-state index in [1.165, 1.54) is 95.4 Å². The van der Waals surface area contributed by atoms with Crippen molar-refractivity contribution < 1.29 is 22.3 Å². The van der Waals surface area contributed by atoms with Gasteiger partial charge in [-0.05, 0) is 118 Å². The summed E-state index contributed by atoms with van der Waals surface area (Å²) in [4.78, 5) is 0. The number of hydrogen-bond donors (Lipinski definition) is 0. The standard InChI is InChI=1S/C33H42F4O/c1-3-4-21-6-11-26-18-25(13-12-24(26)17-21)23-9-7-22(8-10-23)19-38-29-16-15-28(32(36)33(29)37)27-14-5-20(2)30(34)31(27)35/h5,14-16,21-26H,3-4,6-13,17-19H2,1-2H3. The molecule has 0 aromatic heterocycles. The van der Waals surface area contributed by atoms with Crippen molar-refractivity contribution in [2.24, 2.45) is 35.5 Å². The molecule has 3 saturated carbocycles. The van der Waals surface area contributed by atoms with E-state index in [0.717, 1.165) is 42.4 Å². The number of benzene rings is 2. The molecule has 5 heteroatoms. The normalized spacial score (nSPS) is 29.6. The minimum Gasteiger partial charge on any atom is -0.490 e. The highest BCUT2D eigenvalue weighted by Crippen LogP contribution is 2.49. The number of hydrogen-bond acceptors (Lipinski definition) is 1. The summed E-state index contributed by atoms with van der Waals surface area (Å²) in [7, 11) is 0. The third-order valence-corrected chi connectivity index (χ3v) is 10.1. The van der Waals surface area contributed by atoms with E-state index >= 15 is 0 Å². The second kappa shape index (κ2) is 12.0. The first-order chi connectivity index (χ1) is 18.4. The highest BCUT2D eigenvalue weighted by Gasteiger charge is 2.38. The highest BCUT2D eigenvalue weighted by molar-refractivity contribution is 5.66. The van der Waals surface area contributed by atoms with Crippen LogP contribution in [-0.2, 0) is 0 Å². The van der Waals surface area contributed by atoms with Crippen LogP contribution in [0.5, 0.6) is 5.75 Å². The number of ether oxygens (including phenoxy) is 1. The van der Waals surface area contributed by atoms with Crippen LogP contribution in [0.3, 0.4) is 0 Å². The molecule has 3 aliphatic carbocycles. The molecule has 2 aromatic carbocycles. The molecule has 3 fully saturated rings. The molecule has 208 valence electrons. The van der Waals surface area contributed by atoms with Gasteiger partial charge in [0, 0.05) is 11.1 Å². The predicted molar refractivity (Wildman–Crippen MR) is 144 cm³/mol. The second-order valence-corrected chi connectivity index (χ2v) is 12.5. The van der Waals surface area contributed by atoms with Gasteiger partial charge in [0.05, 0.1) is 6.61 Å². The minimum absolute atomic E-state index is 0.115. The summed E-state index contributed by atoms with van der Waals surface area (Å²) in [5.41, 5.74) is -0.484. The van der Waals surface area contributed by atoms with Crippen molar-refractivity contribution in [3.63, 3.8) is 0 Å². The van der Waals surface area contributed by atoms with E-state index in [-0.39, 0.29) is 22.4 Å². The fourth-order valence-corrected chi connectivity index (χ4v) is 7.86. The second-order valence-electron chi connectivity index (χ2n) is 12.5. The van der Waals surface area contributed by atoms with Crippen molar-refractivity contribution in [2.45, 2.75) is 90.9 Å². The van der Waals surface area contributed by atoms with Crippen LogP contribution in [0.2, 0.25) is 0 Å². The van der Waals surface area contributed by atoms with Crippen LogP contribution < -0.4 is 4.74 Å². The largest absolute Gasteiger partial charge is 0.490 e. The van der Waals surface area contributed by atoms with Gasteiger partial charge >= 0.3 is 0 Å². The lowest BCUT2D eigenvalue weighted by Gasteiger charge is -2.45. The van der Waals surface area contributed by atoms with Crippen LogP contribution >= 0.6 is 0 Å². The molecule has 0 bridgehead atoms. The first kappa shape index (κ1) is 27.5. The van der Waals surface area contributed by atoms with Gasteiger partial charge in [-0.1, -0.05) is 38.3 Å². The van der Waals surface area contributed by atoms with Gasteiger partial charge in [-0.3, -0.25) is 0 Å². The van der Waals surface area contributed by atoms with E-state index in [4.69, 9.17) is 4.74 Å². The van der Waals surface area contributed by atoms with Crippen molar-refractivity contribution in [1.82, 2.24) is 0 Å². The topological polar surface area (TPSA) is 9.23 Å². The van der Waals surface area contributed by atoms with Crippen LogP contribution in [0.15, 0.2) is 24.3 Å². The molecule has 38 heavy (non-hydrogen) atoms. The lowest BCUT2D eigenvalue weighted by atomic mass is 9.60. The maximum atomic E-state index is 14.8. The molecule has 2 aromatic rings. The summed E-state index contributed by atoms with van der Waals surface area (Å²) in [6, 6.07) is 5.22. The third kappa shape index (κ3) is 5.77. The van der Waals surface area contributed by atoms with Gasteiger partial charge < -0.3 is 4.74 Å². The molecule has 5 rings (SSSR count). The molecule has 0 aliphatic heterocycles. The first-order valence-electron chi connectivity index (χ1n) is 14.9. The molecule has 0 spiro atoms. The van der Waals surface area contributed by atoms with Gasteiger partial charge in [-0.15, -0.1) is 0 Å². The number of rotatable bonds is 7. The SMILES string of the molecule is CCCC1CCC2CC(C3CCC(COc4ccc(-c5ccc(C)c(F)c5F)c(F)c4F)CC3)CCC2C1. The van der Waals surface area contributed by atoms with Gasteiger partial charge in [0.25, 0.3) is 0 Å². The van der Waals surface area contributed by atoms with E-state index in [1.54, 1.807) is 0 Å². The molecule has 1 nitrogen and oxygen atoms in total. The molecule has 0 amide bonds. The number of fused-ring (bicyclic) bond motifs is 1. The predicted octanol–water partition coefficient (Wildman–Crippen LogP) is 10.0. The van der Waals surface area contributed by atoms with Crippen molar-refractivity contribution >= 4 is 0 Å². The Kier molecular flexibility index (Phi) is 8.69. The third-order valence-electron chi connectivity index (χ3n) is 10.1. The maximum Gasteiger partial charge on any atom is 0.201 e. The minimum atomic E-state index is -1.22. The fourth-order valence-electron chi connectivity index (χ4n) is 7.86. The maximum absolute atomic E-state index is 14.8. The molecular weight excluding hydrogens is 488 g/mol. The van der Waals surface area contributed by atoms with E-state index in [0.29, 0.717) is 12.5 Å². The summed E-state index contributed by atoms with van der Waals surface area (Å²) < 4.78 is 63.6. The van der Waals surface area contributed by atoms with Crippen molar-refractivity contribution in [3.8, 4) is 16.9 Å². The molecule has 3 aliphatic rings. The molecule has 0 saturated heterocycles. The molecule has 0 N–H and O–H groups in total. The van der Waals surface area contributed by atoms with Crippen LogP contribution in [0, 0.1) is 65.7 Å². The van der Waals surface area contributed by atoms with Crippen LogP contribution in [0.4, 0.5) is 17.6 Å². The Morgan fingerprint density at radius 1 is 0.632 bits per heavy atom. The Morgan fingerprint density at radius 3 is 1.89 bits per heavy atom. The molecule has 4 atom stereocenters. The van der Waals surface area contributed by atoms with E-state index in [9.17, 15) is 17.6 Å². The van der Waals surface area contributed by atoms with Crippen molar-refractivity contribution in [2.75, 3.05) is 6.61 Å². The Labute approximate surface area is 225 Å². The van der Waals surface area contributed by atoms with Crippen molar-refractivity contribution in [1.29, 1.82) is 0 Å². The number of halogens is 4. The van der Waals surface area contributed by atoms with Gasteiger partial charge in [-0.2, -0.15) is 4.39 Å². The zero-order chi connectivity index (χ0) is 26.8. The zero-order valence-corrected chi connectivity index (χ0v) is 22.9. The number of aryl methyl sites for hydroxylation is 1. The molecule has 0 heterocycles. The lowest BCUT2D eigenvalue weighted by molar-refractivity contribution is 0.0544. The van der Waals surface area contributed by atoms with Gasteiger partial charge in [0.2, 0.25) is 5.82 Å². The van der Waals surface area contributed by atoms with Crippen LogP contribution in [-0.4, -0.2) is 6.61 Å². The Morgan fingerprint density at radius 2 is 1.18 bits per heavy atom. The van der Waals surface area contributed by atoms with Crippen LogP contribution in [0.1, 0.15) is 89.5 Å². The van der Waals surface area contributed by atoms with Crippen molar-refractivity contribution in [3.05, 3.63) is 53.1 Å². The summed E-state index contributed by atoms with van der Waals surface area (Å²) in [6.07, 6.45) is 15.8. The molecule has 0 radical (unpaired) electrons. The van der Waals surface area contributed by atoms with Gasteiger partial charge in [0.1, 0.15) is 0 Å². The van der Waals surface area contributed by atoms with E-state index < -0.39 is 23.3 Å². The Bertz CT molecular complexity index is 1110. The quantitative estimate of drug-likeness (QED) is 0.324. The lowest BCUT2D eigenvalue weighted by Crippen LogP contribution is -2.35.